The molecule has 0 radical (unpaired) electrons. The van der Waals surface area contributed by atoms with Gasteiger partial charge in [0.2, 0.25) is 0 Å². The minimum atomic E-state index is -1.07. The molecule has 0 spiro atoms. The van der Waals surface area contributed by atoms with Gasteiger partial charge in [-0.2, -0.15) is 0 Å². The first kappa shape index (κ1) is 14.6. The fourth-order valence-corrected chi connectivity index (χ4v) is 2.95. The summed E-state index contributed by atoms with van der Waals surface area (Å²) in [6.07, 6.45) is -3.62. The van der Waals surface area contributed by atoms with Gasteiger partial charge < -0.3 is 33.9 Å². The summed E-state index contributed by atoms with van der Waals surface area (Å²) < 4.78 is 27.5. The molecule has 20 heavy (non-hydrogen) atoms. The predicted molar refractivity (Wildman–Crippen MR) is 65.8 cm³/mol. The quantitative estimate of drug-likeness (QED) is 0.670. The number of methoxy groups -OCH3 is 1. The Kier molecular flexibility index (Phi) is 4.02. The zero-order valence-corrected chi connectivity index (χ0v) is 11.8. The number of hydrogen-bond donors (Lipinski definition) is 2. The van der Waals surface area contributed by atoms with E-state index in [0.717, 1.165) is 0 Å². The average Bonchev–Trinajstić information content (AvgIpc) is 3.16. The topological polar surface area (TPSA) is 89.9 Å². The Hall–Kier alpha value is -0.280. The molecule has 9 unspecified atom stereocenters. The Labute approximate surface area is 117 Å². The van der Waals surface area contributed by atoms with E-state index >= 15 is 0 Å². The lowest BCUT2D eigenvalue weighted by atomic mass is 10.00. The van der Waals surface area contributed by atoms with E-state index < -0.39 is 37.0 Å². The SMILES string of the molecule is COC1C(O)C(C)OC(OC2CC3OC3C(C)O2)C1O. The van der Waals surface area contributed by atoms with Gasteiger partial charge in [0.1, 0.15) is 24.4 Å². The van der Waals surface area contributed by atoms with Crippen molar-refractivity contribution in [3.63, 3.8) is 0 Å². The summed E-state index contributed by atoms with van der Waals surface area (Å²) in [6.45, 7) is 3.64. The van der Waals surface area contributed by atoms with Crippen molar-refractivity contribution in [3.05, 3.63) is 0 Å². The molecule has 0 aliphatic carbocycles. The lowest BCUT2D eigenvalue weighted by Gasteiger charge is -2.42. The molecule has 3 rings (SSSR count). The normalized spacial score (nSPS) is 55.4. The molecule has 3 saturated heterocycles. The molecular weight excluding hydrogens is 268 g/mol. The number of aliphatic hydroxyl groups is 2. The van der Waals surface area contributed by atoms with Crippen molar-refractivity contribution in [2.75, 3.05) is 7.11 Å². The summed E-state index contributed by atoms with van der Waals surface area (Å²) >= 11 is 0. The van der Waals surface area contributed by atoms with Gasteiger partial charge in [0.25, 0.3) is 0 Å². The van der Waals surface area contributed by atoms with Gasteiger partial charge >= 0.3 is 0 Å². The lowest BCUT2D eigenvalue weighted by molar-refractivity contribution is -0.340. The van der Waals surface area contributed by atoms with E-state index in [1.807, 2.05) is 6.92 Å². The fourth-order valence-electron chi connectivity index (χ4n) is 2.95. The maximum absolute atomic E-state index is 10.2. The first-order valence-electron chi connectivity index (χ1n) is 7.02. The van der Waals surface area contributed by atoms with Crippen LogP contribution >= 0.6 is 0 Å². The molecule has 0 aromatic heterocycles. The summed E-state index contributed by atoms with van der Waals surface area (Å²) in [5.74, 6) is 0. The van der Waals surface area contributed by atoms with E-state index in [9.17, 15) is 10.2 Å². The molecule has 116 valence electrons. The van der Waals surface area contributed by atoms with Crippen molar-refractivity contribution in [2.45, 2.75) is 75.6 Å². The molecule has 9 atom stereocenters. The fraction of sp³-hybridized carbons (Fsp3) is 1.00. The Morgan fingerprint density at radius 3 is 2.40 bits per heavy atom. The van der Waals surface area contributed by atoms with Crippen molar-refractivity contribution in [1.29, 1.82) is 0 Å². The molecule has 0 aromatic carbocycles. The summed E-state index contributed by atoms with van der Waals surface area (Å²) in [7, 11) is 1.44. The molecule has 0 aromatic rings. The molecule has 3 aliphatic heterocycles. The number of rotatable bonds is 3. The van der Waals surface area contributed by atoms with Crippen molar-refractivity contribution in [3.8, 4) is 0 Å². The first-order chi connectivity index (χ1) is 9.51. The van der Waals surface area contributed by atoms with Crippen molar-refractivity contribution >= 4 is 0 Å². The van der Waals surface area contributed by atoms with Crippen LogP contribution in [0.5, 0.6) is 0 Å². The number of epoxide rings is 1. The summed E-state index contributed by atoms with van der Waals surface area (Å²) in [4.78, 5) is 0. The number of fused-ring (bicyclic) bond motifs is 1. The van der Waals surface area contributed by atoms with E-state index in [2.05, 4.69) is 0 Å². The smallest absolute Gasteiger partial charge is 0.189 e. The molecule has 0 bridgehead atoms. The van der Waals surface area contributed by atoms with Crippen LogP contribution in [0.4, 0.5) is 0 Å². The zero-order chi connectivity index (χ0) is 14.4. The Morgan fingerprint density at radius 2 is 1.75 bits per heavy atom. The third kappa shape index (κ3) is 2.59. The first-order valence-corrected chi connectivity index (χ1v) is 7.02. The number of hydrogen-bond acceptors (Lipinski definition) is 7. The minimum absolute atomic E-state index is 0.0271. The van der Waals surface area contributed by atoms with Crippen molar-refractivity contribution < 1.29 is 33.9 Å². The second kappa shape index (κ2) is 5.49. The summed E-state index contributed by atoms with van der Waals surface area (Å²) in [5, 5.41) is 20.1. The predicted octanol–water partition coefficient (Wildman–Crippen LogP) is -0.613. The second-order valence-electron chi connectivity index (χ2n) is 5.67. The van der Waals surface area contributed by atoms with Crippen molar-refractivity contribution in [1.82, 2.24) is 0 Å². The molecule has 2 N–H and O–H groups in total. The van der Waals surface area contributed by atoms with Crippen LogP contribution in [-0.4, -0.2) is 72.6 Å². The van der Waals surface area contributed by atoms with Crippen LogP contribution in [0.2, 0.25) is 0 Å². The highest BCUT2D eigenvalue weighted by molar-refractivity contribution is 4.95. The molecular formula is C13H22O7. The molecule has 3 heterocycles. The van der Waals surface area contributed by atoms with E-state index in [1.165, 1.54) is 7.11 Å². The Morgan fingerprint density at radius 1 is 1.00 bits per heavy atom. The standard InChI is InChI=1S/C13H22O7/c1-5-9(14)12(16-3)10(15)13(18-5)20-8-4-7-11(19-7)6(2)17-8/h5-15H,4H2,1-3H3. The highest BCUT2D eigenvalue weighted by Crippen LogP contribution is 2.38. The molecule has 3 aliphatic rings. The number of ether oxygens (including phenoxy) is 5. The second-order valence-corrected chi connectivity index (χ2v) is 5.67. The van der Waals surface area contributed by atoms with E-state index in [4.69, 9.17) is 23.7 Å². The third-order valence-electron chi connectivity index (χ3n) is 4.22. The van der Waals surface area contributed by atoms with Crippen molar-refractivity contribution in [2.24, 2.45) is 0 Å². The van der Waals surface area contributed by atoms with Gasteiger partial charge in [-0.15, -0.1) is 0 Å². The summed E-state index contributed by atoms with van der Waals surface area (Å²) in [5.41, 5.74) is 0. The van der Waals surface area contributed by atoms with Crippen LogP contribution in [-0.2, 0) is 23.7 Å². The van der Waals surface area contributed by atoms with Gasteiger partial charge in [-0.1, -0.05) is 0 Å². The zero-order valence-electron chi connectivity index (χ0n) is 11.8. The van der Waals surface area contributed by atoms with Crippen LogP contribution in [0.15, 0.2) is 0 Å². The van der Waals surface area contributed by atoms with Crippen LogP contribution in [0, 0.1) is 0 Å². The molecule has 0 amide bonds. The van der Waals surface area contributed by atoms with Gasteiger partial charge in [0.15, 0.2) is 12.6 Å². The molecule has 7 heteroatoms. The monoisotopic (exact) mass is 290 g/mol. The van der Waals surface area contributed by atoms with Crippen LogP contribution < -0.4 is 0 Å². The maximum Gasteiger partial charge on any atom is 0.189 e. The minimum Gasteiger partial charge on any atom is -0.388 e. The van der Waals surface area contributed by atoms with Gasteiger partial charge in [0, 0.05) is 13.5 Å². The third-order valence-corrected chi connectivity index (χ3v) is 4.22. The van der Waals surface area contributed by atoms with Crippen LogP contribution in [0.3, 0.4) is 0 Å². The van der Waals surface area contributed by atoms with Gasteiger partial charge in [-0.3, -0.25) is 0 Å². The summed E-state index contributed by atoms with van der Waals surface area (Å²) in [6, 6.07) is 0. The largest absolute Gasteiger partial charge is 0.388 e. The lowest BCUT2D eigenvalue weighted by Crippen LogP contribution is -2.59. The highest BCUT2D eigenvalue weighted by Gasteiger charge is 2.52. The van der Waals surface area contributed by atoms with E-state index in [0.29, 0.717) is 6.42 Å². The van der Waals surface area contributed by atoms with E-state index in [1.54, 1.807) is 6.92 Å². The molecule has 0 saturated carbocycles. The average molecular weight is 290 g/mol. The highest BCUT2D eigenvalue weighted by atomic mass is 16.8. The van der Waals surface area contributed by atoms with Gasteiger partial charge in [0.05, 0.1) is 18.3 Å². The molecule has 7 nitrogen and oxygen atoms in total. The van der Waals surface area contributed by atoms with E-state index in [-0.39, 0.29) is 18.3 Å². The Balaban J connectivity index is 1.61. The maximum atomic E-state index is 10.2. The van der Waals surface area contributed by atoms with Gasteiger partial charge in [-0.25, -0.2) is 0 Å². The van der Waals surface area contributed by atoms with Gasteiger partial charge in [-0.05, 0) is 13.8 Å². The van der Waals surface area contributed by atoms with Crippen LogP contribution in [0.1, 0.15) is 20.3 Å². The molecule has 3 fully saturated rings. The van der Waals surface area contributed by atoms with Crippen LogP contribution in [0.25, 0.3) is 0 Å². The number of aliphatic hydroxyl groups excluding tert-OH is 2. The Bertz CT molecular complexity index is 352.